The van der Waals surface area contributed by atoms with Crippen molar-refractivity contribution < 1.29 is 0 Å². The first-order valence-electron chi connectivity index (χ1n) is 13.5. The molecule has 1 fully saturated rings. The smallest absolute Gasteiger partial charge is 0.257 e. The molecule has 0 atom stereocenters. The first kappa shape index (κ1) is 26.6. The number of likely N-dealkylation sites (tertiary alicyclic amines) is 1. The van der Waals surface area contributed by atoms with E-state index in [4.69, 9.17) is 10.7 Å². The molecule has 3 N–H and O–H groups in total. The van der Waals surface area contributed by atoms with Crippen molar-refractivity contribution in [3.8, 4) is 22.4 Å². The van der Waals surface area contributed by atoms with Gasteiger partial charge in [0.1, 0.15) is 12.1 Å². The lowest BCUT2D eigenvalue weighted by molar-refractivity contribution is 0.175. The molecule has 206 valence electrons. The van der Waals surface area contributed by atoms with E-state index in [1.165, 1.54) is 11.9 Å². The zero-order valence-electron chi connectivity index (χ0n) is 22.3. The number of rotatable bonds is 5. The van der Waals surface area contributed by atoms with Gasteiger partial charge in [-0.3, -0.25) is 9.69 Å². The van der Waals surface area contributed by atoms with Crippen LogP contribution in [0.1, 0.15) is 24.4 Å². The molecule has 5 heterocycles. The van der Waals surface area contributed by atoms with Gasteiger partial charge in [-0.15, -0.1) is 12.4 Å². The van der Waals surface area contributed by atoms with E-state index in [2.05, 4.69) is 61.3 Å². The highest BCUT2D eigenvalue weighted by atomic mass is 35.5. The predicted octanol–water partition coefficient (Wildman–Crippen LogP) is 5.24. The summed E-state index contributed by atoms with van der Waals surface area (Å²) < 4.78 is 2.01. The summed E-state index contributed by atoms with van der Waals surface area (Å²) in [5.41, 5.74) is 12.5. The molecule has 4 aromatic heterocycles. The maximum absolute atomic E-state index is 12.5. The fourth-order valence-electron chi connectivity index (χ4n) is 5.66. The molecular weight excluding hydrogens is 536 g/mol. The van der Waals surface area contributed by atoms with Crippen molar-refractivity contribution in [3.05, 3.63) is 101 Å². The lowest BCUT2D eigenvalue weighted by Gasteiger charge is -2.32. The molecule has 2 aromatic carbocycles. The normalized spacial score (nSPS) is 14.3. The van der Waals surface area contributed by atoms with Crippen LogP contribution in [0.5, 0.6) is 0 Å². The second-order valence-electron chi connectivity index (χ2n) is 10.3. The van der Waals surface area contributed by atoms with Crippen molar-refractivity contribution >= 4 is 40.2 Å². The summed E-state index contributed by atoms with van der Waals surface area (Å²) in [7, 11) is 0. The van der Waals surface area contributed by atoms with Crippen LogP contribution in [-0.2, 0) is 6.54 Å². The predicted molar refractivity (Wildman–Crippen MR) is 164 cm³/mol. The highest BCUT2D eigenvalue weighted by Gasteiger charge is 2.23. The molecule has 0 unspecified atom stereocenters. The molecule has 0 saturated carbocycles. The van der Waals surface area contributed by atoms with E-state index >= 15 is 0 Å². The van der Waals surface area contributed by atoms with Crippen molar-refractivity contribution in [2.24, 2.45) is 0 Å². The van der Waals surface area contributed by atoms with Crippen molar-refractivity contribution in [2.45, 2.75) is 25.4 Å². The van der Waals surface area contributed by atoms with Crippen LogP contribution in [0.4, 0.5) is 5.82 Å². The van der Waals surface area contributed by atoms with E-state index in [0.29, 0.717) is 22.8 Å². The lowest BCUT2D eigenvalue weighted by atomic mass is 9.97. The molecular formula is C31H29ClN8O. The Labute approximate surface area is 242 Å². The average Bonchev–Trinajstić information content (AvgIpc) is 3.44. The number of nitrogens with zero attached hydrogens (tertiary/aromatic N) is 6. The number of halogens is 1. The highest BCUT2D eigenvalue weighted by Crippen LogP contribution is 2.33. The molecule has 1 aliphatic heterocycles. The molecule has 0 bridgehead atoms. The molecule has 6 aromatic rings. The summed E-state index contributed by atoms with van der Waals surface area (Å²) in [5, 5.41) is 5.97. The molecule has 41 heavy (non-hydrogen) atoms. The lowest BCUT2D eigenvalue weighted by Crippen LogP contribution is -2.34. The van der Waals surface area contributed by atoms with Gasteiger partial charge >= 0.3 is 0 Å². The number of fused-ring (bicyclic) bond motifs is 2. The minimum Gasteiger partial charge on any atom is -0.383 e. The van der Waals surface area contributed by atoms with E-state index < -0.39 is 0 Å². The van der Waals surface area contributed by atoms with Crippen molar-refractivity contribution in [3.63, 3.8) is 0 Å². The second kappa shape index (κ2) is 11.1. The van der Waals surface area contributed by atoms with Crippen LogP contribution in [0.3, 0.4) is 0 Å². The molecule has 0 spiro atoms. The molecule has 0 amide bonds. The van der Waals surface area contributed by atoms with E-state index in [1.807, 2.05) is 35.0 Å². The Morgan fingerprint density at radius 3 is 2.49 bits per heavy atom. The van der Waals surface area contributed by atoms with Crippen LogP contribution in [0, 0.1) is 0 Å². The fraction of sp³-hybridized carbons (Fsp3) is 0.194. The largest absolute Gasteiger partial charge is 0.383 e. The van der Waals surface area contributed by atoms with Crippen LogP contribution >= 0.6 is 12.4 Å². The monoisotopic (exact) mass is 564 g/mol. The zero-order valence-corrected chi connectivity index (χ0v) is 23.1. The molecule has 1 aliphatic rings. The standard InChI is InChI=1S/C31H28N8O.ClH/c32-29-26-17-36-39(30(26)35-19-34-29)23-11-14-38(15-12-23)18-20-6-8-22(9-7-20)28-24(21-4-2-1-3-5-21)16-25-27(37-28)10-13-33-31(25)40;/h1-10,13,16-17,19,23H,11-12,14-15,18H2,(H,33,40)(H2,32,34,35);1H. The first-order valence-corrected chi connectivity index (χ1v) is 13.5. The Morgan fingerprint density at radius 1 is 0.927 bits per heavy atom. The number of pyridine rings is 2. The van der Waals surface area contributed by atoms with Crippen LogP contribution < -0.4 is 11.3 Å². The van der Waals surface area contributed by atoms with Gasteiger partial charge in [-0.25, -0.2) is 19.6 Å². The fourth-order valence-corrected chi connectivity index (χ4v) is 5.66. The van der Waals surface area contributed by atoms with Gasteiger partial charge in [0.2, 0.25) is 0 Å². The molecule has 0 radical (unpaired) electrons. The van der Waals surface area contributed by atoms with Gasteiger partial charge in [-0.1, -0.05) is 54.6 Å². The number of nitrogens with one attached hydrogen (secondary N) is 1. The number of nitrogen functional groups attached to an aromatic ring is 1. The Morgan fingerprint density at radius 2 is 1.71 bits per heavy atom. The number of H-pyrrole nitrogens is 1. The third-order valence-electron chi connectivity index (χ3n) is 7.80. The number of aromatic amines is 1. The molecule has 0 aliphatic carbocycles. The Bertz CT molecular complexity index is 1880. The Hall–Kier alpha value is -4.60. The van der Waals surface area contributed by atoms with Gasteiger partial charge in [0.05, 0.1) is 34.2 Å². The minimum atomic E-state index is -0.133. The Kier molecular flexibility index (Phi) is 7.21. The third-order valence-corrected chi connectivity index (χ3v) is 7.80. The van der Waals surface area contributed by atoms with E-state index in [-0.39, 0.29) is 18.0 Å². The molecule has 1 saturated heterocycles. The molecule has 9 nitrogen and oxygen atoms in total. The van der Waals surface area contributed by atoms with Crippen molar-refractivity contribution in [1.29, 1.82) is 0 Å². The van der Waals surface area contributed by atoms with E-state index in [1.54, 1.807) is 12.4 Å². The number of anilines is 1. The molecule has 10 heteroatoms. The third kappa shape index (κ3) is 5.05. The van der Waals surface area contributed by atoms with Gasteiger partial charge < -0.3 is 10.7 Å². The topological polar surface area (TPSA) is 119 Å². The number of hydrogen-bond donors (Lipinski definition) is 2. The van der Waals surface area contributed by atoms with Crippen LogP contribution in [0.15, 0.2) is 90.2 Å². The number of benzene rings is 2. The average molecular weight is 565 g/mol. The first-order chi connectivity index (χ1) is 19.6. The van der Waals surface area contributed by atoms with Gasteiger partial charge in [0.25, 0.3) is 5.56 Å². The number of piperidine rings is 1. The summed E-state index contributed by atoms with van der Waals surface area (Å²) in [4.78, 5) is 31.2. The Balaban J connectivity index is 0.00000302. The number of hydrogen-bond acceptors (Lipinski definition) is 7. The van der Waals surface area contributed by atoms with E-state index in [0.717, 1.165) is 65.9 Å². The second-order valence-corrected chi connectivity index (χ2v) is 10.3. The van der Waals surface area contributed by atoms with Gasteiger partial charge in [0, 0.05) is 37.0 Å². The van der Waals surface area contributed by atoms with Gasteiger partial charge in [-0.05, 0) is 36.1 Å². The summed E-state index contributed by atoms with van der Waals surface area (Å²) in [5.74, 6) is 0.473. The summed E-state index contributed by atoms with van der Waals surface area (Å²) in [6, 6.07) is 22.8. The zero-order chi connectivity index (χ0) is 27.1. The van der Waals surface area contributed by atoms with Crippen molar-refractivity contribution in [1.82, 2.24) is 34.6 Å². The number of nitrogens with two attached hydrogens (primary N) is 1. The quantitative estimate of drug-likeness (QED) is 0.294. The molecule has 7 rings (SSSR count). The SMILES string of the molecule is Cl.Nc1ncnc2c1cnn2C1CCN(Cc2ccc(-c3nc4cc[nH]c(=O)c4cc3-c3ccccc3)cc2)CC1. The van der Waals surface area contributed by atoms with Crippen molar-refractivity contribution in [2.75, 3.05) is 18.8 Å². The minimum absolute atomic E-state index is 0. The maximum atomic E-state index is 12.5. The van der Waals surface area contributed by atoms with Crippen LogP contribution in [0.25, 0.3) is 44.3 Å². The maximum Gasteiger partial charge on any atom is 0.257 e. The van der Waals surface area contributed by atoms with Crippen LogP contribution in [0.2, 0.25) is 0 Å². The van der Waals surface area contributed by atoms with Gasteiger partial charge in [-0.2, -0.15) is 5.10 Å². The summed E-state index contributed by atoms with van der Waals surface area (Å²) >= 11 is 0. The van der Waals surface area contributed by atoms with Crippen LogP contribution in [-0.4, -0.2) is 47.7 Å². The van der Waals surface area contributed by atoms with E-state index in [9.17, 15) is 4.79 Å². The van der Waals surface area contributed by atoms with Gasteiger partial charge in [0.15, 0.2) is 5.65 Å². The summed E-state index contributed by atoms with van der Waals surface area (Å²) in [6.45, 7) is 2.84. The summed E-state index contributed by atoms with van der Waals surface area (Å²) in [6.07, 6.45) is 6.92. The highest BCUT2D eigenvalue weighted by molar-refractivity contribution is 5.91. The number of aromatic nitrogens is 6.